The van der Waals surface area contributed by atoms with Crippen molar-refractivity contribution in [1.29, 1.82) is 0 Å². The number of sulfone groups is 1. The molecule has 14 heavy (non-hydrogen) atoms. The number of hydrogen-bond acceptors (Lipinski definition) is 4. The molecule has 0 saturated heterocycles. The highest BCUT2D eigenvalue weighted by Gasteiger charge is 2.10. The molecule has 0 bridgehead atoms. The molecule has 0 amide bonds. The van der Waals surface area contributed by atoms with Gasteiger partial charge in [-0.15, -0.1) is 0 Å². The van der Waals surface area contributed by atoms with Gasteiger partial charge in [0, 0.05) is 5.75 Å². The molecule has 1 atom stereocenters. The van der Waals surface area contributed by atoms with Crippen molar-refractivity contribution in [3.05, 3.63) is 0 Å². The molecule has 0 unspecified atom stereocenters. The first-order valence-electron chi connectivity index (χ1n) is 4.55. The summed E-state index contributed by atoms with van der Waals surface area (Å²) in [6.45, 7) is 3.53. The molecule has 0 radical (unpaired) electrons. The lowest BCUT2D eigenvalue weighted by molar-refractivity contribution is -0.138. The van der Waals surface area contributed by atoms with E-state index in [1.165, 1.54) is 6.92 Å². The number of nitrogens with one attached hydrogen (secondary N) is 1. The van der Waals surface area contributed by atoms with E-state index in [0.29, 0.717) is 13.0 Å². The van der Waals surface area contributed by atoms with Crippen molar-refractivity contribution in [3.8, 4) is 0 Å². The largest absolute Gasteiger partial charge is 0.480 e. The van der Waals surface area contributed by atoms with Crippen molar-refractivity contribution in [2.45, 2.75) is 26.3 Å². The summed E-state index contributed by atoms with van der Waals surface area (Å²) >= 11 is 0. The van der Waals surface area contributed by atoms with Gasteiger partial charge < -0.3 is 10.4 Å². The molecular formula is C8H17NO4S. The maximum Gasteiger partial charge on any atom is 0.320 e. The first-order valence-corrected chi connectivity index (χ1v) is 6.38. The van der Waals surface area contributed by atoms with Crippen LogP contribution in [0.5, 0.6) is 0 Å². The zero-order valence-electron chi connectivity index (χ0n) is 8.49. The smallest absolute Gasteiger partial charge is 0.320 e. The van der Waals surface area contributed by atoms with E-state index in [1.54, 1.807) is 6.92 Å². The maximum absolute atomic E-state index is 11.0. The van der Waals surface area contributed by atoms with Gasteiger partial charge in [0.2, 0.25) is 0 Å². The Bertz CT molecular complexity index is 273. The van der Waals surface area contributed by atoms with Gasteiger partial charge in [0.1, 0.15) is 15.9 Å². The Labute approximate surface area is 84.4 Å². The van der Waals surface area contributed by atoms with E-state index in [4.69, 9.17) is 5.11 Å². The number of carboxylic acid groups (broad SMARTS) is 1. The minimum absolute atomic E-state index is 0.114. The molecule has 5 nitrogen and oxygen atoms in total. The van der Waals surface area contributed by atoms with Crippen LogP contribution in [0.4, 0.5) is 0 Å². The monoisotopic (exact) mass is 223 g/mol. The Morgan fingerprint density at radius 1 is 1.50 bits per heavy atom. The molecule has 84 valence electrons. The van der Waals surface area contributed by atoms with Gasteiger partial charge in [-0.05, 0) is 19.9 Å². The predicted molar refractivity (Wildman–Crippen MR) is 54.0 cm³/mol. The van der Waals surface area contributed by atoms with Crippen LogP contribution < -0.4 is 5.32 Å². The molecule has 2 N–H and O–H groups in total. The van der Waals surface area contributed by atoms with E-state index in [-0.39, 0.29) is 11.5 Å². The molecule has 6 heteroatoms. The van der Waals surface area contributed by atoms with Gasteiger partial charge in [0.25, 0.3) is 0 Å². The molecule has 0 aliphatic carbocycles. The van der Waals surface area contributed by atoms with Gasteiger partial charge in [-0.1, -0.05) is 6.92 Å². The summed E-state index contributed by atoms with van der Waals surface area (Å²) in [6.07, 6.45) is 0.452. The second-order valence-electron chi connectivity index (χ2n) is 3.10. The van der Waals surface area contributed by atoms with Crippen LogP contribution in [0.2, 0.25) is 0 Å². The van der Waals surface area contributed by atoms with Crippen LogP contribution in [0, 0.1) is 0 Å². The first-order chi connectivity index (χ1) is 6.39. The summed E-state index contributed by atoms with van der Waals surface area (Å²) in [5.41, 5.74) is 0. The normalized spacial score (nSPS) is 13.9. The highest BCUT2D eigenvalue weighted by Crippen LogP contribution is 1.92. The van der Waals surface area contributed by atoms with Gasteiger partial charge in [-0.2, -0.15) is 0 Å². The van der Waals surface area contributed by atoms with Crippen LogP contribution >= 0.6 is 0 Å². The quantitative estimate of drug-likeness (QED) is 0.588. The lowest BCUT2D eigenvalue weighted by Gasteiger charge is -2.08. The molecular weight excluding hydrogens is 206 g/mol. The zero-order chi connectivity index (χ0) is 11.2. The second kappa shape index (κ2) is 5.98. The van der Waals surface area contributed by atoms with Crippen molar-refractivity contribution >= 4 is 15.8 Å². The van der Waals surface area contributed by atoms with E-state index >= 15 is 0 Å². The Morgan fingerprint density at radius 3 is 2.50 bits per heavy atom. The minimum Gasteiger partial charge on any atom is -0.480 e. The van der Waals surface area contributed by atoms with E-state index < -0.39 is 21.8 Å². The Hall–Kier alpha value is -0.620. The highest BCUT2D eigenvalue weighted by atomic mass is 32.2. The highest BCUT2D eigenvalue weighted by molar-refractivity contribution is 7.91. The van der Waals surface area contributed by atoms with Crippen LogP contribution in [0.15, 0.2) is 0 Å². The van der Waals surface area contributed by atoms with Crippen LogP contribution in [0.1, 0.15) is 20.3 Å². The molecule has 0 rings (SSSR count). The standard InChI is InChI=1S/C8H17NO4S/c1-3-14(12,13)6-4-5-9-7(2)8(10)11/h7,9H,3-6H2,1-2H3,(H,10,11)/t7-/m1/s1. The van der Waals surface area contributed by atoms with Crippen LogP contribution in [0.25, 0.3) is 0 Å². The average molecular weight is 223 g/mol. The fraction of sp³-hybridized carbons (Fsp3) is 0.875. The predicted octanol–water partition coefficient (Wildman–Crippen LogP) is -0.126. The fourth-order valence-electron chi connectivity index (χ4n) is 0.842. The lowest BCUT2D eigenvalue weighted by atomic mass is 10.3. The van der Waals surface area contributed by atoms with Crippen LogP contribution in [-0.4, -0.2) is 43.6 Å². The van der Waals surface area contributed by atoms with Crippen molar-refractivity contribution in [2.24, 2.45) is 0 Å². The molecule has 0 aliphatic rings. The van der Waals surface area contributed by atoms with Crippen molar-refractivity contribution in [3.63, 3.8) is 0 Å². The van der Waals surface area contributed by atoms with Crippen molar-refractivity contribution < 1.29 is 18.3 Å². The maximum atomic E-state index is 11.0. The second-order valence-corrected chi connectivity index (χ2v) is 5.58. The fourth-order valence-corrected chi connectivity index (χ4v) is 1.72. The third kappa shape index (κ3) is 5.93. The summed E-state index contributed by atoms with van der Waals surface area (Å²) in [5, 5.41) is 11.2. The van der Waals surface area contributed by atoms with Crippen LogP contribution in [-0.2, 0) is 14.6 Å². The molecule has 0 heterocycles. The third-order valence-electron chi connectivity index (χ3n) is 1.89. The first kappa shape index (κ1) is 13.4. The van der Waals surface area contributed by atoms with E-state index in [2.05, 4.69) is 5.32 Å². The van der Waals surface area contributed by atoms with E-state index in [1.807, 2.05) is 0 Å². The summed E-state index contributed by atoms with van der Waals surface area (Å²) in [4.78, 5) is 10.4. The number of carboxylic acids is 1. The average Bonchev–Trinajstić information content (AvgIpc) is 2.12. The van der Waals surface area contributed by atoms with Gasteiger partial charge >= 0.3 is 5.97 Å². The zero-order valence-corrected chi connectivity index (χ0v) is 9.30. The third-order valence-corrected chi connectivity index (χ3v) is 3.68. The Morgan fingerprint density at radius 2 is 2.07 bits per heavy atom. The minimum atomic E-state index is -2.93. The topological polar surface area (TPSA) is 83.5 Å². The van der Waals surface area contributed by atoms with Gasteiger partial charge in [0.15, 0.2) is 0 Å². The molecule has 0 spiro atoms. The SMILES string of the molecule is CCS(=O)(=O)CCCN[C@H](C)C(=O)O. The number of carbonyl (C=O) groups is 1. The molecule has 0 aliphatic heterocycles. The van der Waals surface area contributed by atoms with Gasteiger partial charge in [0.05, 0.1) is 5.75 Å². The van der Waals surface area contributed by atoms with E-state index in [0.717, 1.165) is 0 Å². The Kier molecular flexibility index (Phi) is 5.71. The van der Waals surface area contributed by atoms with E-state index in [9.17, 15) is 13.2 Å². The van der Waals surface area contributed by atoms with Gasteiger partial charge in [-0.25, -0.2) is 8.42 Å². The molecule has 0 aromatic rings. The summed E-state index contributed by atoms with van der Waals surface area (Å²) in [7, 11) is -2.93. The molecule has 0 aromatic carbocycles. The van der Waals surface area contributed by atoms with Crippen LogP contribution in [0.3, 0.4) is 0 Å². The molecule has 0 aromatic heterocycles. The Balaban J connectivity index is 3.62. The lowest BCUT2D eigenvalue weighted by Crippen LogP contribution is -2.34. The molecule has 0 fully saturated rings. The number of hydrogen-bond donors (Lipinski definition) is 2. The summed E-state index contributed by atoms with van der Waals surface area (Å²) in [6, 6.07) is -0.626. The van der Waals surface area contributed by atoms with Gasteiger partial charge in [-0.3, -0.25) is 4.79 Å². The number of aliphatic carboxylic acids is 1. The summed E-state index contributed by atoms with van der Waals surface area (Å²) in [5.74, 6) is -0.673. The summed E-state index contributed by atoms with van der Waals surface area (Å²) < 4.78 is 22.1. The molecule has 0 saturated carbocycles. The number of rotatable bonds is 7. The van der Waals surface area contributed by atoms with Crippen molar-refractivity contribution in [1.82, 2.24) is 5.32 Å². The van der Waals surface area contributed by atoms with Crippen molar-refractivity contribution in [2.75, 3.05) is 18.1 Å².